The van der Waals surface area contributed by atoms with Crippen molar-refractivity contribution in [3.8, 4) is 11.5 Å². The van der Waals surface area contributed by atoms with Crippen molar-refractivity contribution in [1.29, 1.82) is 0 Å². The first-order valence-corrected chi connectivity index (χ1v) is 8.77. The van der Waals surface area contributed by atoms with Crippen LogP contribution in [0.25, 0.3) is 11.0 Å². The number of methoxy groups -OCH3 is 1. The summed E-state index contributed by atoms with van der Waals surface area (Å²) in [5.41, 5.74) is 3.90. The second-order valence-corrected chi connectivity index (χ2v) is 6.09. The lowest BCUT2D eigenvalue weighted by Crippen LogP contribution is -2.16. The molecule has 0 fully saturated rings. The van der Waals surface area contributed by atoms with Crippen molar-refractivity contribution in [2.45, 2.75) is 26.4 Å². The Morgan fingerprint density at radius 1 is 1.22 bits per heavy atom. The fourth-order valence-electron chi connectivity index (χ4n) is 2.48. The normalized spacial score (nSPS) is 12.3. The summed E-state index contributed by atoms with van der Waals surface area (Å²) >= 11 is 0. The van der Waals surface area contributed by atoms with Gasteiger partial charge in [-0.1, -0.05) is 25.1 Å². The summed E-state index contributed by atoms with van der Waals surface area (Å²) in [6.07, 6.45) is 2.54. The summed E-state index contributed by atoms with van der Waals surface area (Å²) in [6, 6.07) is 14.6. The van der Waals surface area contributed by atoms with Gasteiger partial charge in [0.25, 0.3) is 0 Å². The Hall–Kier alpha value is -3.28. The molecule has 0 spiro atoms. The molecular weight excluding hydrogens is 344 g/mol. The lowest BCUT2D eigenvalue weighted by molar-refractivity contribution is 0.0929. The van der Waals surface area contributed by atoms with Crippen LogP contribution in [0.1, 0.15) is 36.4 Å². The second kappa shape index (κ2) is 8.40. The third-order valence-corrected chi connectivity index (χ3v) is 4.12. The Labute approximate surface area is 157 Å². The lowest BCUT2D eigenvalue weighted by Gasteiger charge is -2.15. The smallest absolute Gasteiger partial charge is 0.307 e. The van der Waals surface area contributed by atoms with E-state index in [0.717, 1.165) is 17.4 Å². The van der Waals surface area contributed by atoms with Crippen molar-refractivity contribution in [1.82, 2.24) is 5.43 Å². The Morgan fingerprint density at radius 2 is 2.04 bits per heavy atom. The van der Waals surface area contributed by atoms with E-state index in [4.69, 9.17) is 13.9 Å². The van der Waals surface area contributed by atoms with Gasteiger partial charge in [-0.3, -0.25) is 4.79 Å². The van der Waals surface area contributed by atoms with E-state index in [1.165, 1.54) is 6.21 Å². The molecule has 0 unspecified atom stereocenters. The summed E-state index contributed by atoms with van der Waals surface area (Å²) in [6.45, 7) is 4.06. The van der Waals surface area contributed by atoms with Gasteiger partial charge >= 0.3 is 5.91 Å². The Morgan fingerprint density at radius 3 is 2.78 bits per heavy atom. The number of carbonyl (C=O) groups is 1. The summed E-state index contributed by atoms with van der Waals surface area (Å²) in [4.78, 5) is 12.2. The zero-order valence-corrected chi connectivity index (χ0v) is 15.6. The molecule has 3 aromatic rings. The van der Waals surface area contributed by atoms with E-state index >= 15 is 0 Å². The number of hydrogen-bond donors (Lipinski definition) is 1. The number of carbonyl (C=O) groups excluding carboxylic acids is 1. The van der Waals surface area contributed by atoms with Crippen LogP contribution in [0, 0.1) is 0 Å². The quantitative estimate of drug-likeness (QED) is 0.497. The highest BCUT2D eigenvalue weighted by atomic mass is 16.5. The van der Waals surface area contributed by atoms with Crippen molar-refractivity contribution in [3.63, 3.8) is 0 Å². The van der Waals surface area contributed by atoms with Gasteiger partial charge in [-0.2, -0.15) is 5.10 Å². The molecule has 1 N–H and O–H groups in total. The van der Waals surface area contributed by atoms with Crippen molar-refractivity contribution >= 4 is 23.1 Å². The number of rotatable bonds is 7. The number of nitrogens with one attached hydrogen (secondary N) is 1. The molecular formula is C21H22N2O4. The van der Waals surface area contributed by atoms with E-state index in [1.54, 1.807) is 19.2 Å². The van der Waals surface area contributed by atoms with Gasteiger partial charge < -0.3 is 13.9 Å². The summed E-state index contributed by atoms with van der Waals surface area (Å²) in [7, 11) is 1.59. The number of furan rings is 1. The number of hydrazone groups is 1. The molecule has 3 rings (SSSR count). The van der Waals surface area contributed by atoms with Crippen LogP contribution in [0.3, 0.4) is 0 Å². The van der Waals surface area contributed by atoms with Gasteiger partial charge in [-0.05, 0) is 49.2 Å². The highest BCUT2D eigenvalue weighted by molar-refractivity contribution is 5.96. The largest absolute Gasteiger partial charge is 0.493 e. The molecule has 0 bridgehead atoms. The first kappa shape index (κ1) is 18.5. The minimum atomic E-state index is -0.411. The molecule has 27 heavy (non-hydrogen) atoms. The van der Waals surface area contributed by atoms with Gasteiger partial charge in [0.2, 0.25) is 0 Å². The zero-order valence-electron chi connectivity index (χ0n) is 15.6. The molecule has 1 heterocycles. The highest BCUT2D eigenvalue weighted by Gasteiger charge is 2.11. The molecule has 0 aliphatic heterocycles. The van der Waals surface area contributed by atoms with E-state index in [2.05, 4.69) is 17.5 Å². The molecule has 1 aromatic heterocycles. The number of benzene rings is 2. The fraction of sp³-hybridized carbons (Fsp3) is 0.238. The van der Waals surface area contributed by atoms with Crippen molar-refractivity contribution < 1.29 is 18.7 Å². The van der Waals surface area contributed by atoms with Crippen LogP contribution in [-0.2, 0) is 0 Å². The average molecular weight is 366 g/mol. The molecule has 6 nitrogen and oxygen atoms in total. The van der Waals surface area contributed by atoms with Gasteiger partial charge in [0.15, 0.2) is 17.3 Å². The van der Waals surface area contributed by atoms with Crippen LogP contribution < -0.4 is 14.9 Å². The summed E-state index contributed by atoms with van der Waals surface area (Å²) in [5.74, 6) is 1.09. The Balaban J connectivity index is 1.67. The van der Waals surface area contributed by atoms with Crippen molar-refractivity contribution in [2.24, 2.45) is 5.10 Å². The van der Waals surface area contributed by atoms with E-state index in [1.807, 2.05) is 43.3 Å². The van der Waals surface area contributed by atoms with Crippen LogP contribution >= 0.6 is 0 Å². The number of para-hydroxylation sites is 1. The van der Waals surface area contributed by atoms with E-state index < -0.39 is 5.91 Å². The van der Waals surface area contributed by atoms with E-state index in [9.17, 15) is 4.79 Å². The van der Waals surface area contributed by atoms with Gasteiger partial charge in [-0.25, -0.2) is 5.43 Å². The van der Waals surface area contributed by atoms with Gasteiger partial charge in [0.1, 0.15) is 5.58 Å². The molecule has 6 heteroatoms. The van der Waals surface area contributed by atoms with Crippen LogP contribution in [0.15, 0.2) is 58.0 Å². The third kappa shape index (κ3) is 4.47. The number of fused-ring (bicyclic) bond motifs is 1. The molecule has 2 aromatic carbocycles. The second-order valence-electron chi connectivity index (χ2n) is 6.09. The SMILES string of the molecule is CC[C@H](C)Oc1ccc(/C=N/NC(=O)c2cc3ccccc3o2)cc1OC. The summed E-state index contributed by atoms with van der Waals surface area (Å²) in [5, 5.41) is 4.86. The fourth-order valence-corrected chi connectivity index (χ4v) is 2.48. The molecule has 0 aliphatic carbocycles. The number of nitrogens with zero attached hydrogens (tertiary/aromatic N) is 1. The monoisotopic (exact) mass is 366 g/mol. The molecule has 0 saturated heterocycles. The number of amides is 1. The van der Waals surface area contributed by atoms with Crippen LogP contribution in [0.4, 0.5) is 0 Å². The standard InChI is InChI=1S/C21H22N2O4/c1-4-14(2)26-18-10-9-15(11-19(18)25-3)13-22-23-21(24)20-12-16-7-5-6-8-17(16)27-20/h5-14H,4H2,1-3H3,(H,23,24)/b22-13+/t14-/m0/s1. The maximum atomic E-state index is 12.2. The minimum absolute atomic E-state index is 0.0986. The third-order valence-electron chi connectivity index (χ3n) is 4.12. The van der Waals surface area contributed by atoms with Gasteiger partial charge in [-0.15, -0.1) is 0 Å². The first-order chi connectivity index (χ1) is 13.1. The van der Waals surface area contributed by atoms with E-state index in [0.29, 0.717) is 17.1 Å². The molecule has 140 valence electrons. The topological polar surface area (TPSA) is 73.1 Å². The molecule has 1 amide bonds. The van der Waals surface area contributed by atoms with Crippen molar-refractivity contribution in [2.75, 3.05) is 7.11 Å². The van der Waals surface area contributed by atoms with Crippen LogP contribution in [-0.4, -0.2) is 25.3 Å². The maximum absolute atomic E-state index is 12.2. The Kier molecular flexibility index (Phi) is 5.76. The van der Waals surface area contributed by atoms with Crippen LogP contribution in [0.5, 0.6) is 11.5 Å². The maximum Gasteiger partial charge on any atom is 0.307 e. The van der Waals surface area contributed by atoms with E-state index in [-0.39, 0.29) is 11.9 Å². The van der Waals surface area contributed by atoms with Gasteiger partial charge in [0.05, 0.1) is 19.4 Å². The predicted molar refractivity (Wildman–Crippen MR) is 105 cm³/mol. The number of hydrogen-bond acceptors (Lipinski definition) is 5. The predicted octanol–water partition coefficient (Wildman–Crippen LogP) is 4.38. The molecule has 1 atom stereocenters. The van der Waals surface area contributed by atoms with Crippen molar-refractivity contribution in [3.05, 3.63) is 59.9 Å². The molecule has 0 radical (unpaired) electrons. The Bertz CT molecular complexity index is 929. The minimum Gasteiger partial charge on any atom is -0.493 e. The molecule has 0 aliphatic rings. The average Bonchev–Trinajstić information content (AvgIpc) is 3.13. The number of ether oxygens (including phenoxy) is 2. The van der Waals surface area contributed by atoms with Gasteiger partial charge in [0, 0.05) is 5.39 Å². The first-order valence-electron chi connectivity index (χ1n) is 8.77. The lowest BCUT2D eigenvalue weighted by atomic mass is 10.2. The van der Waals surface area contributed by atoms with Crippen LogP contribution in [0.2, 0.25) is 0 Å². The zero-order chi connectivity index (χ0) is 19.2. The highest BCUT2D eigenvalue weighted by Crippen LogP contribution is 2.28. The summed E-state index contributed by atoms with van der Waals surface area (Å²) < 4.78 is 16.7. The molecule has 0 saturated carbocycles.